The van der Waals surface area contributed by atoms with Gasteiger partial charge in [-0.3, -0.25) is 0 Å². The molecule has 0 N–H and O–H groups in total. The number of nitrogens with zero attached hydrogens (tertiary/aromatic N) is 1. The molecule has 2 heterocycles. The van der Waals surface area contributed by atoms with Gasteiger partial charge in [0.2, 0.25) is 0 Å². The number of benzene rings is 7. The summed E-state index contributed by atoms with van der Waals surface area (Å²) in [6, 6.07) is 54.1. The van der Waals surface area contributed by atoms with Crippen LogP contribution in [0.1, 0.15) is 0 Å². The molecular formula is C40H25NOS. The Balaban J connectivity index is 1.37. The van der Waals surface area contributed by atoms with Gasteiger partial charge in [0.1, 0.15) is 5.58 Å². The lowest BCUT2D eigenvalue weighted by molar-refractivity contribution is 0.669. The molecule has 0 aliphatic rings. The van der Waals surface area contributed by atoms with E-state index in [0.29, 0.717) is 0 Å². The number of para-hydroxylation sites is 1. The third kappa shape index (κ3) is 3.86. The summed E-state index contributed by atoms with van der Waals surface area (Å²) in [5.74, 6) is 0. The van der Waals surface area contributed by atoms with E-state index < -0.39 is 0 Å². The lowest BCUT2D eigenvalue weighted by atomic mass is 10.0. The summed E-state index contributed by atoms with van der Waals surface area (Å²) < 4.78 is 9.31. The molecule has 9 aromatic rings. The number of rotatable bonds is 4. The zero-order valence-electron chi connectivity index (χ0n) is 23.2. The second kappa shape index (κ2) is 9.59. The molecule has 9 rings (SSSR count). The smallest absolute Gasteiger partial charge is 0.160 e. The molecular weight excluding hydrogens is 543 g/mol. The summed E-state index contributed by atoms with van der Waals surface area (Å²) in [5, 5.41) is 7.27. The van der Waals surface area contributed by atoms with Crippen LogP contribution in [0.4, 0.5) is 17.1 Å². The van der Waals surface area contributed by atoms with Gasteiger partial charge in [0, 0.05) is 42.3 Å². The van der Waals surface area contributed by atoms with Gasteiger partial charge in [0.15, 0.2) is 5.58 Å². The van der Waals surface area contributed by atoms with Gasteiger partial charge in [-0.15, -0.1) is 11.3 Å². The molecule has 2 aromatic heterocycles. The van der Waals surface area contributed by atoms with Gasteiger partial charge in [0.05, 0.1) is 5.69 Å². The maximum absolute atomic E-state index is 6.76. The third-order valence-electron chi connectivity index (χ3n) is 8.43. The van der Waals surface area contributed by atoms with Crippen molar-refractivity contribution in [2.75, 3.05) is 4.90 Å². The highest BCUT2D eigenvalue weighted by Crippen LogP contribution is 2.49. The summed E-state index contributed by atoms with van der Waals surface area (Å²) in [6.07, 6.45) is 0. The normalized spacial score (nSPS) is 11.7. The van der Waals surface area contributed by atoms with Crippen molar-refractivity contribution in [3.05, 3.63) is 152 Å². The molecule has 0 fully saturated rings. The molecule has 202 valence electrons. The first kappa shape index (κ1) is 24.2. The molecule has 0 amide bonds. The van der Waals surface area contributed by atoms with Crippen molar-refractivity contribution in [1.82, 2.24) is 0 Å². The third-order valence-corrected chi connectivity index (χ3v) is 9.64. The van der Waals surface area contributed by atoms with Crippen LogP contribution in [0.25, 0.3) is 64.0 Å². The Morgan fingerprint density at radius 3 is 2.02 bits per heavy atom. The lowest BCUT2D eigenvalue weighted by Gasteiger charge is -2.26. The molecule has 43 heavy (non-hydrogen) atoms. The minimum Gasteiger partial charge on any atom is -0.454 e. The fraction of sp³-hybridized carbons (Fsp3) is 0. The molecule has 0 bridgehead atoms. The van der Waals surface area contributed by atoms with Crippen molar-refractivity contribution in [2.24, 2.45) is 0 Å². The van der Waals surface area contributed by atoms with Gasteiger partial charge < -0.3 is 9.32 Å². The molecule has 0 saturated carbocycles. The van der Waals surface area contributed by atoms with Gasteiger partial charge in [0.25, 0.3) is 0 Å². The van der Waals surface area contributed by atoms with Crippen LogP contribution in [0.5, 0.6) is 0 Å². The standard InChI is InChI=1S/C40H25NOS/c1-2-10-26(11-3-1)28-18-21-30(22-19-28)41(31-23-20-27-12-4-5-13-29(27)24-31)35-25-34-32-14-7-9-17-37(32)43-40(34)38-33-15-6-8-16-36(33)42-39(35)38/h1-25H. The highest BCUT2D eigenvalue weighted by molar-refractivity contribution is 7.26. The molecule has 0 spiro atoms. The van der Waals surface area contributed by atoms with Crippen molar-refractivity contribution < 1.29 is 4.42 Å². The van der Waals surface area contributed by atoms with Crippen molar-refractivity contribution in [3.63, 3.8) is 0 Å². The maximum Gasteiger partial charge on any atom is 0.160 e. The zero-order valence-corrected chi connectivity index (χ0v) is 24.0. The Bertz CT molecular complexity index is 2450. The Kier molecular flexibility index (Phi) is 5.40. The number of hydrogen-bond acceptors (Lipinski definition) is 3. The first-order valence-electron chi connectivity index (χ1n) is 14.5. The quantitative estimate of drug-likeness (QED) is 0.210. The van der Waals surface area contributed by atoms with E-state index in [1.54, 1.807) is 0 Å². The van der Waals surface area contributed by atoms with Crippen LogP contribution in [0.15, 0.2) is 156 Å². The molecule has 0 atom stereocenters. The van der Waals surface area contributed by atoms with Crippen molar-refractivity contribution >= 4 is 81.3 Å². The minimum absolute atomic E-state index is 0.903. The van der Waals surface area contributed by atoms with E-state index in [1.807, 2.05) is 11.3 Å². The van der Waals surface area contributed by atoms with Crippen LogP contribution >= 0.6 is 11.3 Å². The number of thiophene rings is 1. The van der Waals surface area contributed by atoms with Crippen LogP contribution in [0, 0.1) is 0 Å². The van der Waals surface area contributed by atoms with E-state index >= 15 is 0 Å². The summed E-state index contributed by atoms with van der Waals surface area (Å²) in [4.78, 5) is 2.36. The first-order valence-corrected chi connectivity index (χ1v) is 15.3. The summed E-state index contributed by atoms with van der Waals surface area (Å²) in [7, 11) is 0. The van der Waals surface area contributed by atoms with Crippen LogP contribution in [0.2, 0.25) is 0 Å². The van der Waals surface area contributed by atoms with Crippen molar-refractivity contribution in [1.29, 1.82) is 0 Å². The van der Waals surface area contributed by atoms with E-state index in [-0.39, 0.29) is 0 Å². The van der Waals surface area contributed by atoms with Gasteiger partial charge in [-0.2, -0.15) is 0 Å². The molecule has 2 nitrogen and oxygen atoms in total. The topological polar surface area (TPSA) is 16.4 Å². The van der Waals surface area contributed by atoms with Gasteiger partial charge in [-0.05, 0) is 64.4 Å². The highest BCUT2D eigenvalue weighted by Gasteiger charge is 2.24. The average Bonchev–Trinajstić information content (AvgIpc) is 3.64. The average molecular weight is 568 g/mol. The van der Waals surface area contributed by atoms with Crippen molar-refractivity contribution in [3.8, 4) is 11.1 Å². The predicted octanol–water partition coefficient (Wildman–Crippen LogP) is 12.2. The Labute approximate surface area is 252 Å². The number of hydrogen-bond donors (Lipinski definition) is 0. The predicted molar refractivity (Wildman–Crippen MR) is 184 cm³/mol. The van der Waals surface area contributed by atoms with Gasteiger partial charge in [-0.1, -0.05) is 109 Å². The molecule has 0 aliphatic carbocycles. The molecule has 0 aliphatic heterocycles. The van der Waals surface area contributed by atoms with E-state index in [4.69, 9.17) is 4.42 Å². The minimum atomic E-state index is 0.903. The first-order chi connectivity index (χ1) is 21.3. The fourth-order valence-electron chi connectivity index (χ4n) is 6.39. The van der Waals surface area contributed by atoms with Crippen LogP contribution in [-0.4, -0.2) is 0 Å². The lowest BCUT2D eigenvalue weighted by Crippen LogP contribution is -2.10. The molecule has 0 saturated heterocycles. The Morgan fingerprint density at radius 1 is 0.488 bits per heavy atom. The highest BCUT2D eigenvalue weighted by atomic mass is 32.1. The van der Waals surface area contributed by atoms with Gasteiger partial charge in [-0.25, -0.2) is 0 Å². The van der Waals surface area contributed by atoms with E-state index in [2.05, 4.69) is 157 Å². The molecule has 0 unspecified atom stereocenters. The van der Waals surface area contributed by atoms with Crippen LogP contribution in [0.3, 0.4) is 0 Å². The van der Waals surface area contributed by atoms with Crippen LogP contribution < -0.4 is 4.90 Å². The SMILES string of the molecule is c1ccc(-c2ccc(N(c3ccc4ccccc4c3)c3cc4c5ccccc5sc4c4c3oc3ccccc34)cc2)cc1. The van der Waals surface area contributed by atoms with E-state index in [1.165, 1.54) is 47.5 Å². The molecule has 0 radical (unpaired) electrons. The molecule has 7 aromatic carbocycles. The summed E-state index contributed by atoms with van der Waals surface area (Å²) in [6.45, 7) is 0. The fourth-order valence-corrected chi connectivity index (χ4v) is 7.63. The Morgan fingerprint density at radius 2 is 1.16 bits per heavy atom. The van der Waals surface area contributed by atoms with Gasteiger partial charge >= 0.3 is 0 Å². The summed E-state index contributed by atoms with van der Waals surface area (Å²) >= 11 is 1.85. The second-order valence-electron chi connectivity index (χ2n) is 11.0. The molecule has 3 heteroatoms. The largest absolute Gasteiger partial charge is 0.454 e. The zero-order chi connectivity index (χ0) is 28.3. The number of furan rings is 1. The van der Waals surface area contributed by atoms with Crippen LogP contribution in [-0.2, 0) is 0 Å². The number of anilines is 3. The Hall–Kier alpha value is -5.38. The van der Waals surface area contributed by atoms with Crippen molar-refractivity contribution in [2.45, 2.75) is 0 Å². The summed E-state index contributed by atoms with van der Waals surface area (Å²) in [5.41, 5.74) is 7.41. The monoisotopic (exact) mass is 567 g/mol. The number of fused-ring (bicyclic) bond motifs is 8. The second-order valence-corrected chi connectivity index (χ2v) is 12.0. The van der Waals surface area contributed by atoms with E-state index in [9.17, 15) is 0 Å². The van der Waals surface area contributed by atoms with E-state index in [0.717, 1.165) is 33.6 Å². The maximum atomic E-state index is 6.76.